The van der Waals surface area contributed by atoms with Crippen LogP contribution in [-0.2, 0) is 0 Å². The van der Waals surface area contributed by atoms with E-state index < -0.39 is 11.4 Å². The van der Waals surface area contributed by atoms with Gasteiger partial charge in [0.15, 0.2) is 5.78 Å². The lowest BCUT2D eigenvalue weighted by Crippen LogP contribution is -2.14. The van der Waals surface area contributed by atoms with Gasteiger partial charge in [0, 0.05) is 6.07 Å². The van der Waals surface area contributed by atoms with Crippen LogP contribution in [0.25, 0.3) is 6.08 Å². The lowest BCUT2D eigenvalue weighted by atomic mass is 10.1. The van der Waals surface area contributed by atoms with Crippen molar-refractivity contribution in [2.45, 2.75) is 20.8 Å². The molecule has 24 heavy (non-hydrogen) atoms. The Labute approximate surface area is 142 Å². The Morgan fingerprint density at radius 2 is 1.79 bits per heavy atom. The minimum Gasteiger partial charge on any atom is -0.496 e. The molecule has 2 rings (SSSR count). The van der Waals surface area contributed by atoms with Gasteiger partial charge in [0.2, 0.25) is 0 Å². The van der Waals surface area contributed by atoms with Crippen molar-refractivity contribution in [2.24, 2.45) is 0 Å². The number of methoxy groups -OCH3 is 1. The second-order valence-corrected chi connectivity index (χ2v) is 4.58. The summed E-state index contributed by atoms with van der Waals surface area (Å²) in [6.45, 7) is 5.62. The standard InChI is InChI=1S/C18H16O4.C2H6/c1-13-12-16(21-2)17(18(20)22-13)15(19)11-7-6-10-14-8-4-3-5-9-14;1-2/h3-12H,1-2H3;1-2H3/b10-6+,11-7+;. The van der Waals surface area contributed by atoms with Gasteiger partial charge in [-0.25, -0.2) is 4.79 Å². The maximum atomic E-state index is 12.1. The number of hydrogen-bond donors (Lipinski definition) is 0. The third-order valence-corrected chi connectivity index (χ3v) is 2.95. The van der Waals surface area contributed by atoms with E-state index in [0.29, 0.717) is 5.76 Å². The largest absolute Gasteiger partial charge is 0.496 e. The molecule has 0 saturated heterocycles. The van der Waals surface area contributed by atoms with Gasteiger partial charge < -0.3 is 9.15 Å². The van der Waals surface area contributed by atoms with E-state index in [1.54, 1.807) is 19.1 Å². The van der Waals surface area contributed by atoms with Crippen molar-refractivity contribution in [3.05, 3.63) is 81.9 Å². The normalized spacial score (nSPS) is 10.5. The Hall–Kier alpha value is -2.88. The number of ether oxygens (including phenoxy) is 1. The molecule has 0 unspecified atom stereocenters. The fourth-order valence-electron chi connectivity index (χ4n) is 1.92. The summed E-state index contributed by atoms with van der Waals surface area (Å²) in [4.78, 5) is 23.9. The van der Waals surface area contributed by atoms with E-state index in [1.807, 2.05) is 50.3 Å². The van der Waals surface area contributed by atoms with Gasteiger partial charge in [-0.05, 0) is 18.6 Å². The van der Waals surface area contributed by atoms with E-state index in [0.717, 1.165) is 5.56 Å². The first-order valence-electron chi connectivity index (χ1n) is 7.74. The van der Waals surface area contributed by atoms with Crippen molar-refractivity contribution in [3.8, 4) is 5.75 Å². The molecular weight excluding hydrogens is 304 g/mol. The number of carbonyl (C=O) groups excluding carboxylic acids is 1. The molecule has 1 aromatic carbocycles. The minimum atomic E-state index is -0.696. The highest BCUT2D eigenvalue weighted by molar-refractivity contribution is 6.06. The van der Waals surface area contributed by atoms with Crippen molar-refractivity contribution in [1.82, 2.24) is 0 Å². The van der Waals surface area contributed by atoms with Gasteiger partial charge >= 0.3 is 5.63 Å². The Bertz CT molecular complexity index is 768. The summed E-state index contributed by atoms with van der Waals surface area (Å²) in [6.07, 6.45) is 6.48. The molecule has 0 aliphatic rings. The first-order chi connectivity index (χ1) is 11.6. The average Bonchev–Trinajstić information content (AvgIpc) is 2.60. The van der Waals surface area contributed by atoms with Gasteiger partial charge in [-0.2, -0.15) is 0 Å². The summed E-state index contributed by atoms with van der Waals surface area (Å²) in [6, 6.07) is 11.2. The van der Waals surface area contributed by atoms with Crippen LogP contribution < -0.4 is 10.4 Å². The molecule has 0 bridgehead atoms. The van der Waals surface area contributed by atoms with Gasteiger partial charge in [-0.1, -0.05) is 62.4 Å². The number of hydrogen-bond acceptors (Lipinski definition) is 4. The van der Waals surface area contributed by atoms with Gasteiger partial charge in [-0.3, -0.25) is 4.79 Å². The predicted octanol–water partition coefficient (Wildman–Crippen LogP) is 4.44. The summed E-state index contributed by atoms with van der Waals surface area (Å²) < 4.78 is 10.0. The monoisotopic (exact) mass is 326 g/mol. The van der Waals surface area contributed by atoms with Crippen molar-refractivity contribution in [2.75, 3.05) is 7.11 Å². The quantitative estimate of drug-likeness (QED) is 0.463. The van der Waals surface area contributed by atoms with Gasteiger partial charge in [0.05, 0.1) is 7.11 Å². The number of benzene rings is 1. The molecule has 0 N–H and O–H groups in total. The molecule has 0 fully saturated rings. The third kappa shape index (κ3) is 5.39. The molecule has 4 heteroatoms. The van der Waals surface area contributed by atoms with Crippen LogP contribution in [-0.4, -0.2) is 12.9 Å². The molecular formula is C20H22O4. The molecule has 0 saturated carbocycles. The lowest BCUT2D eigenvalue weighted by molar-refractivity contribution is 0.104. The summed E-state index contributed by atoms with van der Waals surface area (Å²) >= 11 is 0. The fourth-order valence-corrected chi connectivity index (χ4v) is 1.92. The van der Waals surface area contributed by atoms with Crippen LogP contribution in [0.2, 0.25) is 0 Å². The van der Waals surface area contributed by atoms with Crippen LogP contribution in [0.1, 0.15) is 35.5 Å². The lowest BCUT2D eigenvalue weighted by Gasteiger charge is -2.04. The summed E-state index contributed by atoms with van der Waals surface area (Å²) in [5, 5.41) is 0. The van der Waals surface area contributed by atoms with Crippen LogP contribution >= 0.6 is 0 Å². The molecule has 0 aliphatic heterocycles. The van der Waals surface area contributed by atoms with E-state index in [9.17, 15) is 9.59 Å². The molecule has 1 aromatic heterocycles. The smallest absolute Gasteiger partial charge is 0.351 e. The highest BCUT2D eigenvalue weighted by Crippen LogP contribution is 2.17. The molecule has 1 heterocycles. The molecule has 0 atom stereocenters. The Balaban J connectivity index is 0.00000139. The second kappa shape index (κ2) is 10.0. The van der Waals surface area contributed by atoms with Crippen LogP contribution in [0.5, 0.6) is 5.75 Å². The first-order valence-corrected chi connectivity index (χ1v) is 7.74. The average molecular weight is 326 g/mol. The highest BCUT2D eigenvalue weighted by atomic mass is 16.5. The predicted molar refractivity (Wildman–Crippen MR) is 96.6 cm³/mol. The van der Waals surface area contributed by atoms with Crippen LogP contribution in [0.4, 0.5) is 0 Å². The SMILES string of the molecule is CC.COc1cc(C)oc(=O)c1C(=O)/C=C/C=C/c1ccccc1. The van der Waals surface area contributed by atoms with Crippen LogP contribution in [0.3, 0.4) is 0 Å². The Morgan fingerprint density at radius 1 is 1.12 bits per heavy atom. The zero-order chi connectivity index (χ0) is 17.9. The molecule has 0 radical (unpaired) electrons. The van der Waals surface area contributed by atoms with Gasteiger partial charge in [0.25, 0.3) is 0 Å². The number of ketones is 1. The maximum Gasteiger partial charge on any atom is 0.351 e. The van der Waals surface area contributed by atoms with Gasteiger partial charge in [-0.15, -0.1) is 0 Å². The first kappa shape index (κ1) is 19.2. The Kier molecular flexibility index (Phi) is 7.99. The second-order valence-electron chi connectivity index (χ2n) is 4.58. The maximum absolute atomic E-state index is 12.1. The highest BCUT2D eigenvalue weighted by Gasteiger charge is 2.16. The number of rotatable bonds is 5. The zero-order valence-corrected chi connectivity index (χ0v) is 14.4. The molecule has 126 valence electrons. The van der Waals surface area contributed by atoms with Crippen molar-refractivity contribution >= 4 is 11.9 Å². The molecule has 4 nitrogen and oxygen atoms in total. The van der Waals surface area contributed by atoms with E-state index in [-0.39, 0.29) is 11.3 Å². The Morgan fingerprint density at radius 3 is 2.42 bits per heavy atom. The fraction of sp³-hybridized carbons (Fsp3) is 0.200. The van der Waals surface area contributed by atoms with E-state index in [4.69, 9.17) is 9.15 Å². The molecule has 0 amide bonds. The van der Waals surface area contributed by atoms with E-state index >= 15 is 0 Å². The summed E-state index contributed by atoms with van der Waals surface area (Å²) in [5.74, 6) is 0.158. The van der Waals surface area contributed by atoms with Crippen LogP contribution in [0.15, 0.2) is 63.8 Å². The molecule has 2 aromatic rings. The third-order valence-electron chi connectivity index (χ3n) is 2.95. The van der Waals surface area contributed by atoms with E-state index in [1.165, 1.54) is 19.3 Å². The molecule has 0 aliphatic carbocycles. The van der Waals surface area contributed by atoms with Gasteiger partial charge in [0.1, 0.15) is 17.1 Å². The minimum absolute atomic E-state index is 0.0996. The van der Waals surface area contributed by atoms with Crippen molar-refractivity contribution < 1.29 is 13.9 Å². The number of carbonyl (C=O) groups is 1. The topological polar surface area (TPSA) is 56.5 Å². The zero-order valence-electron chi connectivity index (χ0n) is 14.4. The number of aryl methyl sites for hydroxylation is 1. The van der Waals surface area contributed by atoms with E-state index in [2.05, 4.69) is 0 Å². The van der Waals surface area contributed by atoms with Crippen molar-refractivity contribution in [3.63, 3.8) is 0 Å². The molecule has 0 spiro atoms. The van der Waals surface area contributed by atoms with Crippen LogP contribution in [0, 0.1) is 6.92 Å². The summed E-state index contributed by atoms with van der Waals surface area (Å²) in [7, 11) is 1.41. The summed E-state index contributed by atoms with van der Waals surface area (Å²) in [5.41, 5.74) is 0.225. The number of allylic oxidation sites excluding steroid dienone is 3. The van der Waals surface area contributed by atoms with Crippen molar-refractivity contribution in [1.29, 1.82) is 0 Å².